The van der Waals surface area contributed by atoms with Gasteiger partial charge in [0.2, 0.25) is 0 Å². The number of anilines is 3. The van der Waals surface area contributed by atoms with Gasteiger partial charge in [-0.1, -0.05) is 29.3 Å². The molecule has 0 bridgehead atoms. The molecule has 2 amide bonds. The maximum atomic E-state index is 12.0. The number of urea groups is 1. The number of carbonyl (C=O) groups is 1. The van der Waals surface area contributed by atoms with Crippen LogP contribution in [0.1, 0.15) is 11.1 Å². The van der Waals surface area contributed by atoms with Gasteiger partial charge < -0.3 is 16.4 Å². The van der Waals surface area contributed by atoms with Gasteiger partial charge in [0.1, 0.15) is 0 Å². The Kier molecular flexibility index (Phi) is 4.60. The van der Waals surface area contributed by atoms with Gasteiger partial charge in [-0.25, -0.2) is 4.79 Å². The van der Waals surface area contributed by atoms with Crippen molar-refractivity contribution >= 4 is 46.3 Å². The summed E-state index contributed by atoms with van der Waals surface area (Å²) in [5.74, 6) is 0. The van der Waals surface area contributed by atoms with Crippen LogP contribution < -0.4 is 16.4 Å². The predicted molar refractivity (Wildman–Crippen MR) is 89.4 cm³/mol. The summed E-state index contributed by atoms with van der Waals surface area (Å²) in [5, 5.41) is 6.30. The number of nitrogen functional groups attached to an aromatic ring is 1. The molecule has 0 radical (unpaired) electrons. The van der Waals surface area contributed by atoms with Crippen molar-refractivity contribution in [3.63, 3.8) is 0 Å². The van der Waals surface area contributed by atoms with E-state index < -0.39 is 6.03 Å². The van der Waals surface area contributed by atoms with E-state index in [4.69, 9.17) is 28.9 Å². The van der Waals surface area contributed by atoms with Crippen LogP contribution >= 0.6 is 23.2 Å². The highest BCUT2D eigenvalue weighted by Gasteiger charge is 2.09. The molecule has 0 fully saturated rings. The molecule has 0 aliphatic heterocycles. The van der Waals surface area contributed by atoms with Gasteiger partial charge in [-0.3, -0.25) is 0 Å². The van der Waals surface area contributed by atoms with Crippen LogP contribution in [0.25, 0.3) is 0 Å². The third kappa shape index (κ3) is 3.80. The van der Waals surface area contributed by atoms with E-state index in [0.29, 0.717) is 27.1 Å². The number of nitrogens with two attached hydrogens (primary N) is 1. The number of benzene rings is 2. The first-order chi connectivity index (χ1) is 9.86. The molecule has 0 aliphatic rings. The van der Waals surface area contributed by atoms with Crippen LogP contribution in [-0.4, -0.2) is 6.03 Å². The molecule has 4 nitrogen and oxygen atoms in total. The van der Waals surface area contributed by atoms with Crippen LogP contribution in [0.5, 0.6) is 0 Å². The highest BCUT2D eigenvalue weighted by molar-refractivity contribution is 6.35. The number of hydrogen-bond donors (Lipinski definition) is 3. The number of carbonyl (C=O) groups excluding carboxylic acids is 1. The van der Waals surface area contributed by atoms with Gasteiger partial charge in [0.05, 0.1) is 10.7 Å². The molecule has 2 rings (SSSR count). The molecule has 21 heavy (non-hydrogen) atoms. The number of hydrogen-bond acceptors (Lipinski definition) is 2. The fourth-order valence-corrected chi connectivity index (χ4v) is 2.21. The lowest BCUT2D eigenvalue weighted by Crippen LogP contribution is -2.20. The molecular weight excluding hydrogens is 309 g/mol. The average molecular weight is 324 g/mol. The summed E-state index contributed by atoms with van der Waals surface area (Å²) in [7, 11) is 0. The summed E-state index contributed by atoms with van der Waals surface area (Å²) in [5.41, 5.74) is 9.46. The fourth-order valence-electron chi connectivity index (χ4n) is 1.87. The molecule has 2 aromatic rings. The Labute approximate surface area is 133 Å². The Bertz CT molecular complexity index is 702. The Morgan fingerprint density at radius 2 is 1.67 bits per heavy atom. The topological polar surface area (TPSA) is 67.2 Å². The molecule has 0 spiro atoms. The van der Waals surface area contributed by atoms with E-state index in [1.165, 1.54) is 0 Å². The van der Waals surface area contributed by atoms with Crippen LogP contribution in [0.2, 0.25) is 10.0 Å². The molecule has 0 unspecified atom stereocenters. The van der Waals surface area contributed by atoms with E-state index >= 15 is 0 Å². The zero-order chi connectivity index (χ0) is 15.6. The summed E-state index contributed by atoms with van der Waals surface area (Å²) in [6.45, 7) is 3.81. The van der Waals surface area contributed by atoms with Crippen molar-refractivity contribution in [3.8, 4) is 0 Å². The van der Waals surface area contributed by atoms with Crippen molar-refractivity contribution in [2.75, 3.05) is 16.4 Å². The number of rotatable bonds is 2. The molecule has 0 saturated heterocycles. The van der Waals surface area contributed by atoms with Gasteiger partial charge in [0.15, 0.2) is 0 Å². The third-order valence-corrected chi connectivity index (χ3v) is 3.60. The average Bonchev–Trinajstić information content (AvgIpc) is 2.40. The van der Waals surface area contributed by atoms with E-state index in [0.717, 1.165) is 11.1 Å². The highest BCUT2D eigenvalue weighted by atomic mass is 35.5. The molecule has 0 heterocycles. The molecule has 0 aromatic heterocycles. The van der Waals surface area contributed by atoms with Crippen molar-refractivity contribution in [3.05, 3.63) is 51.5 Å². The summed E-state index contributed by atoms with van der Waals surface area (Å²) in [6, 6.07) is 8.08. The maximum absolute atomic E-state index is 12.0. The van der Waals surface area contributed by atoms with Gasteiger partial charge in [-0.15, -0.1) is 0 Å². The van der Waals surface area contributed by atoms with E-state index in [-0.39, 0.29) is 0 Å². The molecule has 6 heteroatoms. The Morgan fingerprint density at radius 3 is 2.38 bits per heavy atom. The van der Waals surface area contributed by atoms with Gasteiger partial charge >= 0.3 is 6.03 Å². The lowest BCUT2D eigenvalue weighted by atomic mass is 10.1. The lowest BCUT2D eigenvalue weighted by molar-refractivity contribution is 0.262. The summed E-state index contributed by atoms with van der Waals surface area (Å²) < 4.78 is 0. The second-order valence-electron chi connectivity index (χ2n) is 4.73. The molecule has 0 atom stereocenters. The monoisotopic (exact) mass is 323 g/mol. The molecule has 2 aromatic carbocycles. The zero-order valence-corrected chi connectivity index (χ0v) is 13.1. The standard InChI is InChI=1S/C15H15Cl2N3O/c1-8-5-9(2)13(7-12(8)18)19-15(21)20-14-6-10(16)3-4-11(14)17/h3-7H,18H2,1-2H3,(H2,19,20,21). The first kappa shape index (κ1) is 15.5. The van der Waals surface area contributed by atoms with Crippen LogP contribution in [0.4, 0.5) is 21.9 Å². The van der Waals surface area contributed by atoms with Crippen molar-refractivity contribution in [2.24, 2.45) is 0 Å². The number of aryl methyl sites for hydroxylation is 2. The minimum Gasteiger partial charge on any atom is -0.398 e. The quantitative estimate of drug-likeness (QED) is 0.692. The molecule has 0 saturated carbocycles. The third-order valence-electron chi connectivity index (χ3n) is 3.04. The van der Waals surface area contributed by atoms with Gasteiger partial charge in [-0.2, -0.15) is 0 Å². The van der Waals surface area contributed by atoms with Crippen LogP contribution in [-0.2, 0) is 0 Å². The summed E-state index contributed by atoms with van der Waals surface area (Å²) >= 11 is 11.9. The van der Waals surface area contributed by atoms with E-state index in [1.54, 1.807) is 24.3 Å². The minimum atomic E-state index is -0.412. The predicted octanol–water partition coefficient (Wildman–Crippen LogP) is 4.84. The lowest BCUT2D eigenvalue weighted by Gasteiger charge is -2.13. The van der Waals surface area contributed by atoms with Crippen LogP contribution in [0, 0.1) is 13.8 Å². The number of nitrogens with one attached hydrogen (secondary N) is 2. The van der Waals surface area contributed by atoms with E-state index in [9.17, 15) is 4.79 Å². The molecule has 4 N–H and O–H groups in total. The van der Waals surface area contributed by atoms with E-state index in [1.807, 2.05) is 19.9 Å². The second-order valence-corrected chi connectivity index (χ2v) is 5.57. The normalized spacial score (nSPS) is 10.3. The first-order valence-electron chi connectivity index (χ1n) is 6.26. The largest absolute Gasteiger partial charge is 0.398 e. The smallest absolute Gasteiger partial charge is 0.323 e. The van der Waals surface area contributed by atoms with Gasteiger partial charge in [0.25, 0.3) is 0 Å². The zero-order valence-electron chi connectivity index (χ0n) is 11.6. The fraction of sp³-hybridized carbons (Fsp3) is 0.133. The van der Waals surface area contributed by atoms with Gasteiger partial charge in [-0.05, 0) is 49.2 Å². The van der Waals surface area contributed by atoms with Crippen molar-refractivity contribution in [1.82, 2.24) is 0 Å². The second kappa shape index (κ2) is 6.24. The SMILES string of the molecule is Cc1cc(C)c(NC(=O)Nc2cc(Cl)ccc2Cl)cc1N. The Hall–Kier alpha value is -1.91. The van der Waals surface area contributed by atoms with Gasteiger partial charge in [0, 0.05) is 16.4 Å². The first-order valence-corrected chi connectivity index (χ1v) is 7.02. The van der Waals surface area contributed by atoms with Crippen molar-refractivity contribution < 1.29 is 4.79 Å². The molecular formula is C15H15Cl2N3O. The number of halogens is 2. The molecule has 0 aliphatic carbocycles. The van der Waals surface area contributed by atoms with Crippen molar-refractivity contribution in [2.45, 2.75) is 13.8 Å². The highest BCUT2D eigenvalue weighted by Crippen LogP contribution is 2.26. The van der Waals surface area contributed by atoms with Crippen molar-refractivity contribution in [1.29, 1.82) is 0 Å². The Morgan fingerprint density at radius 1 is 1.00 bits per heavy atom. The van der Waals surface area contributed by atoms with E-state index in [2.05, 4.69) is 10.6 Å². The molecule has 110 valence electrons. The Balaban J connectivity index is 2.15. The van der Waals surface area contributed by atoms with Crippen LogP contribution in [0.15, 0.2) is 30.3 Å². The maximum Gasteiger partial charge on any atom is 0.323 e. The summed E-state index contributed by atoms with van der Waals surface area (Å²) in [6.07, 6.45) is 0. The summed E-state index contributed by atoms with van der Waals surface area (Å²) in [4.78, 5) is 12.0. The van der Waals surface area contributed by atoms with Crippen LogP contribution in [0.3, 0.4) is 0 Å². The number of amides is 2. The minimum absolute atomic E-state index is 0.412.